The van der Waals surface area contributed by atoms with E-state index in [1.54, 1.807) is 12.1 Å². The molecule has 6 unspecified atom stereocenters. The minimum Gasteiger partial charge on any atom is -0.545 e. The van der Waals surface area contributed by atoms with Crippen LogP contribution in [0.1, 0.15) is 153 Å². The van der Waals surface area contributed by atoms with Gasteiger partial charge in [-0.25, -0.2) is 41.9 Å². The molecule has 694 valence electrons. The number of aromatic nitrogens is 8. The van der Waals surface area contributed by atoms with E-state index in [-0.39, 0.29) is 111 Å². The third-order valence-electron chi connectivity index (χ3n) is 21.7. The first-order valence-corrected chi connectivity index (χ1v) is 48.8. The molecule has 12 atom stereocenters. The number of aliphatic hydroxyl groups excluding tert-OH is 2. The maximum atomic E-state index is 14.1. The normalized spacial score (nSPS) is 20.8. The van der Waals surface area contributed by atoms with E-state index in [1.165, 1.54) is 100 Å². The van der Waals surface area contributed by atoms with Crippen LogP contribution in [0.5, 0.6) is 23.3 Å². The molecule has 131 heavy (non-hydrogen) atoms. The van der Waals surface area contributed by atoms with E-state index < -0.39 is 131 Å². The topological polar surface area (TPSA) is 733 Å². The smallest absolute Gasteiger partial charge is 0.490 e. The van der Waals surface area contributed by atoms with Gasteiger partial charge >= 0.3 is 46.9 Å². The summed E-state index contributed by atoms with van der Waals surface area (Å²) in [6.45, 7) is 4.92. The van der Waals surface area contributed by atoms with Crippen molar-refractivity contribution in [3.05, 3.63) is 177 Å². The van der Waals surface area contributed by atoms with E-state index in [0.717, 1.165) is 111 Å². The Morgan fingerprint density at radius 2 is 1.12 bits per heavy atom. The van der Waals surface area contributed by atoms with Crippen molar-refractivity contribution in [3.63, 3.8) is 0 Å². The number of rotatable bonds is 28. The van der Waals surface area contributed by atoms with Gasteiger partial charge in [0.05, 0.1) is 83.7 Å². The van der Waals surface area contributed by atoms with Gasteiger partial charge in [-0.05, 0) is 112 Å². The fourth-order valence-electron chi connectivity index (χ4n) is 16.5. The van der Waals surface area contributed by atoms with Crippen molar-refractivity contribution in [1.82, 2.24) is 48.9 Å². The van der Waals surface area contributed by atoms with Crippen molar-refractivity contribution < 1.29 is 151 Å². The number of anilines is 3. The molecule has 7 aliphatic rings. The second-order valence-corrected chi connectivity index (χ2v) is 39.4. The van der Waals surface area contributed by atoms with Gasteiger partial charge in [-0.2, -0.15) is 37.2 Å². The molecule has 2 fully saturated rings. The molecule has 0 radical (unpaired) electrons. The van der Waals surface area contributed by atoms with E-state index in [0.29, 0.717) is 16.7 Å². The van der Waals surface area contributed by atoms with Gasteiger partial charge in [0.1, 0.15) is 61.5 Å². The molecule has 9 aromatic rings. The van der Waals surface area contributed by atoms with Crippen molar-refractivity contribution in [2.45, 2.75) is 127 Å². The number of amides is 1. The monoisotopic (exact) mass is 1930 g/mol. The molecule has 50 nitrogen and oxygen atoms in total. The first kappa shape index (κ1) is 94.8. The quantitative estimate of drug-likeness (QED) is 0.0109. The zero-order valence-corrected chi connectivity index (χ0v) is 73.8. The first-order valence-electron chi connectivity index (χ1n) is 39.8. The Morgan fingerprint density at radius 3 is 1.63 bits per heavy atom. The number of carbonyl (C=O) groups excluding carboxylic acids is 2. The molecular weight excluding hydrogens is 1850 g/mol. The zero-order valence-electron chi connectivity index (χ0n) is 68.4. The zero-order chi connectivity index (χ0) is 93.9. The molecule has 1 amide bonds. The number of carboxylic acids is 1. The molecule has 16 rings (SSSR count). The summed E-state index contributed by atoms with van der Waals surface area (Å²) in [4.78, 5) is 151. The summed E-state index contributed by atoms with van der Waals surface area (Å²) in [5.74, 6) is 9.64. The van der Waals surface area contributed by atoms with Crippen LogP contribution < -0.4 is 61.9 Å². The van der Waals surface area contributed by atoms with E-state index in [2.05, 4.69) is 107 Å². The lowest BCUT2D eigenvalue weighted by Gasteiger charge is -2.39. The number of carbonyl (C=O) groups is 2. The summed E-state index contributed by atoms with van der Waals surface area (Å²) in [6.07, 6.45) is -0.269. The molecule has 17 N–H and O–H groups in total. The van der Waals surface area contributed by atoms with E-state index >= 15 is 0 Å². The number of nitro groups is 2. The maximum absolute atomic E-state index is 14.1. The Morgan fingerprint density at radius 1 is 0.618 bits per heavy atom. The number of aliphatic hydroxyl groups is 2. The SMILES string of the molecule is C[C@H](Oc1nc(N)nc2c1ncn2[C@H]1CC(O)[C@@H](COP(=O)(O)OP(=O)(O)OP(=O)(O)O)O1)c1ccc(C#CCN)cc1[N+](=O)[O-].C[C@H](Oc1nc(N)nc2c1ncn2[C@H]1CC(O)[C@@H](COP(=O)(O)OP(=O)(O)OP(=O)(O)O)O1)c1ccc(C#CCNC(=O)c2ccc(C(=O)[O-])c(C3=c4cc5c6c(c4Oc4c3cc3c7c4CCCN7CCC3)CCC[N+]=6CCC5)c2)cc1[N+](=O)[O-]. The van der Waals surface area contributed by atoms with Crippen LogP contribution in [0.15, 0.2) is 79.4 Å². The van der Waals surface area contributed by atoms with Crippen molar-refractivity contribution in [1.29, 1.82) is 0 Å². The van der Waals surface area contributed by atoms with Crippen LogP contribution in [0.4, 0.5) is 29.0 Å². The molecule has 56 heteroatoms. The lowest BCUT2D eigenvalue weighted by Crippen LogP contribution is -2.45. The Hall–Kier alpha value is -10.9. The van der Waals surface area contributed by atoms with Gasteiger partial charge in [0.25, 0.3) is 17.3 Å². The number of carboxylic acid groups (broad SMARTS) is 1. The van der Waals surface area contributed by atoms with Gasteiger partial charge in [0.15, 0.2) is 22.3 Å². The number of imidazole rings is 2. The van der Waals surface area contributed by atoms with Gasteiger partial charge in [-0.3, -0.25) is 43.2 Å². The van der Waals surface area contributed by atoms with E-state index in [1.807, 2.05) is 0 Å². The summed E-state index contributed by atoms with van der Waals surface area (Å²) < 4.78 is 129. The third-order valence-corrected chi connectivity index (χ3v) is 29.4. The van der Waals surface area contributed by atoms with Gasteiger partial charge in [-0.15, -0.1) is 0 Å². The number of aromatic carboxylic acids is 1. The highest BCUT2D eigenvalue weighted by atomic mass is 31.3. The first-order chi connectivity index (χ1) is 61.9. The minimum atomic E-state index is -5.80. The van der Waals surface area contributed by atoms with Crippen LogP contribution in [-0.2, 0) is 88.8 Å². The summed E-state index contributed by atoms with van der Waals surface area (Å²) >= 11 is 0. The molecule has 7 aliphatic heterocycles. The third kappa shape index (κ3) is 21.3. The molecule has 0 saturated carbocycles. The van der Waals surface area contributed by atoms with Crippen molar-refractivity contribution in [2.75, 3.05) is 68.8 Å². The van der Waals surface area contributed by atoms with Crippen LogP contribution >= 0.6 is 46.9 Å². The van der Waals surface area contributed by atoms with Gasteiger partial charge < -0.3 is 110 Å². The predicted molar refractivity (Wildman–Crippen MR) is 449 cm³/mol. The summed E-state index contributed by atoms with van der Waals surface area (Å²) in [6, 6.07) is 17.3. The average Bonchev–Trinajstić information content (AvgIpc) is 1.29. The van der Waals surface area contributed by atoms with Gasteiger partial charge in [0, 0.05) is 106 Å². The number of fused-ring (bicyclic) bond motifs is 6. The standard InChI is InChI=1S/C54H54N9O19P3.C21H26N7O15P3/c1-28(78-52-45-50(58-54(55)59-52)62(27-57-45)43-25-41(64)42(79-43)26-77-84(73,74)82-85(75,76)81-83(70,71)72)33-14-12-29(21-40(33)63(68)69)7-2-16-56-51(65)32-13-15-34(53(66)67)37(24-32)44-38-22-30-8-3-17-60-19-5-10-35(46(30)60)48(38)80-49-36-11-6-20-61-18-4-9-31(47(36)61)23-39(44)49;1-11(13-5-4-12(3-2-6-22)7-14(13)28(30)31)40-20-18-19(25-21(23)26-20)27(10-24-18)17-8-15(29)16(41-17)9-39-45(35,36)43-46(37,38)42-44(32,33)34/h12-15,21-24,27-28,41-43,64H,3-6,8-11,16-20,25-26H2,1H3,(H7-,55,56,58,59,65,66,67,70,71,72,73,74,75,76);4-5,7,10-11,15-17,29H,6,8-9,22H2,1H3,(H,35,36)(H,37,38)(H2,23,25,26)(H2,32,33,34)/t28-,41?,42+,43+;11-,15?,16+,17+/m00/s1. The van der Waals surface area contributed by atoms with Crippen molar-refractivity contribution in [3.8, 4) is 46.9 Å². The summed E-state index contributed by atoms with van der Waals surface area (Å²) in [5, 5.41) is 63.4. The molecule has 0 bridgehead atoms. The lowest BCUT2D eigenvalue weighted by molar-refractivity contribution is -0.386. The van der Waals surface area contributed by atoms with Crippen LogP contribution in [0, 0.1) is 43.9 Å². The number of nitrogens with one attached hydrogen (secondary N) is 1. The minimum absolute atomic E-state index is 0.00494. The number of nitro benzene ring substituents is 2. The number of ether oxygens (including phenoxy) is 5. The predicted octanol–water partition coefficient (Wildman–Crippen LogP) is 3.79. The average molecular weight is 1940 g/mol. The molecule has 0 aliphatic carbocycles. The number of benzene rings is 5. The number of phosphoric ester groups is 2. The lowest BCUT2D eigenvalue weighted by atomic mass is 9.81. The number of nitrogens with two attached hydrogens (primary N) is 3. The maximum Gasteiger partial charge on any atom is 0.490 e. The molecular formula is C75H80N16O34P6. The van der Waals surface area contributed by atoms with E-state index in [4.69, 9.17) is 60.5 Å². The second kappa shape index (κ2) is 37.7. The number of nitrogens with zero attached hydrogens (tertiary/aromatic N) is 12. The summed E-state index contributed by atoms with van der Waals surface area (Å²) in [7, 11) is -33.8. The molecule has 5 aromatic carbocycles. The fourth-order valence-corrected chi connectivity index (χ4v) is 22.6. The van der Waals surface area contributed by atoms with Crippen LogP contribution in [0.2, 0.25) is 0 Å². The Labute approximate surface area is 738 Å². The van der Waals surface area contributed by atoms with Crippen LogP contribution in [0.25, 0.3) is 27.9 Å². The molecule has 2 saturated heterocycles. The Balaban J connectivity index is 0.000000241. The number of phosphoric acid groups is 6. The van der Waals surface area contributed by atoms with E-state index in [9.17, 15) is 92.1 Å². The van der Waals surface area contributed by atoms with Crippen molar-refractivity contribution in [2.24, 2.45) is 5.73 Å². The highest BCUT2D eigenvalue weighted by Crippen LogP contribution is 2.68. The van der Waals surface area contributed by atoms with Crippen LogP contribution in [-0.4, -0.2) is 187 Å². The highest BCUT2D eigenvalue weighted by molar-refractivity contribution is 7.67. The molecule has 0 spiro atoms. The number of aryl methyl sites for hydroxylation is 2. The number of nitrogen functional groups attached to an aromatic ring is 2. The fraction of sp³-hybridized carbons (Fsp3) is 0.373. The largest absolute Gasteiger partial charge is 0.545 e. The van der Waals surface area contributed by atoms with Gasteiger partial charge in [0.2, 0.25) is 29.0 Å². The number of hydrogen-bond donors (Lipinski definition) is 14. The number of hydrogen-bond acceptors (Lipinski definition) is 36. The second-order valence-electron chi connectivity index (χ2n) is 30.5. The van der Waals surface area contributed by atoms with Crippen molar-refractivity contribution >= 4 is 116 Å². The molecule has 11 heterocycles. The van der Waals surface area contributed by atoms with Crippen LogP contribution in [0.3, 0.4) is 0 Å². The molecule has 4 aromatic heterocycles. The van der Waals surface area contributed by atoms with Gasteiger partial charge in [-0.1, -0.05) is 29.7 Å². The Bertz CT molecular complexity index is 6760. The summed E-state index contributed by atoms with van der Waals surface area (Å²) in [5.41, 5.74) is 25.4. The highest BCUT2D eigenvalue weighted by Gasteiger charge is 2.47. The Kier molecular flexibility index (Phi) is 27.2.